The summed E-state index contributed by atoms with van der Waals surface area (Å²) in [6.07, 6.45) is -4.80. The lowest BCUT2D eigenvalue weighted by Gasteiger charge is -2.38. The fraction of sp³-hybridized carbons (Fsp3) is 0.333. The second-order valence-electron chi connectivity index (χ2n) is 7.81. The van der Waals surface area contributed by atoms with Crippen LogP contribution in [0.25, 0.3) is 0 Å². The van der Waals surface area contributed by atoms with Crippen molar-refractivity contribution in [3.8, 4) is 0 Å². The summed E-state index contributed by atoms with van der Waals surface area (Å²) in [5.74, 6) is -2.08. The number of hydrogen-bond donors (Lipinski definition) is 1. The largest absolute Gasteiger partial charge is 0.416 e. The molecule has 2 amide bonds. The van der Waals surface area contributed by atoms with Crippen molar-refractivity contribution < 1.29 is 32.1 Å². The van der Waals surface area contributed by atoms with E-state index in [0.29, 0.717) is 11.6 Å². The van der Waals surface area contributed by atoms with Gasteiger partial charge in [-0.15, -0.1) is 0 Å². The first-order valence-corrected chi connectivity index (χ1v) is 10.0. The Morgan fingerprint density at radius 3 is 2.42 bits per heavy atom. The monoisotopic (exact) mass is 466 g/mol. The molecule has 0 saturated carbocycles. The van der Waals surface area contributed by atoms with Crippen LogP contribution in [0.15, 0.2) is 36.4 Å². The Morgan fingerprint density at radius 2 is 1.79 bits per heavy atom. The average molecular weight is 466 g/mol. The number of nitrogens with one attached hydrogen (secondary N) is 1. The van der Waals surface area contributed by atoms with E-state index in [1.54, 1.807) is 4.90 Å². The fourth-order valence-corrected chi connectivity index (χ4v) is 4.16. The molecular formula is C21H18F4N4O4. The molecule has 2 aromatic carbocycles. The average Bonchev–Trinajstić information content (AvgIpc) is 2.76. The molecule has 2 aromatic rings. The second-order valence-corrected chi connectivity index (χ2v) is 7.81. The van der Waals surface area contributed by atoms with Crippen LogP contribution in [0.3, 0.4) is 0 Å². The van der Waals surface area contributed by atoms with Gasteiger partial charge in [-0.3, -0.25) is 19.7 Å². The molecule has 1 saturated heterocycles. The first kappa shape index (κ1) is 22.5. The number of carbonyl (C=O) groups excluding carboxylic acids is 2. The molecule has 0 aromatic heterocycles. The van der Waals surface area contributed by atoms with Crippen molar-refractivity contribution in [3.63, 3.8) is 0 Å². The van der Waals surface area contributed by atoms with Gasteiger partial charge >= 0.3 is 6.18 Å². The third-order valence-electron chi connectivity index (χ3n) is 5.78. The predicted molar refractivity (Wildman–Crippen MR) is 109 cm³/mol. The van der Waals surface area contributed by atoms with Crippen LogP contribution in [0.1, 0.15) is 23.5 Å². The molecule has 0 aliphatic carbocycles. The molecule has 0 spiro atoms. The van der Waals surface area contributed by atoms with Gasteiger partial charge in [0.1, 0.15) is 11.5 Å². The Morgan fingerprint density at radius 1 is 1.09 bits per heavy atom. The molecule has 0 unspecified atom stereocenters. The van der Waals surface area contributed by atoms with Gasteiger partial charge in [-0.1, -0.05) is 6.07 Å². The van der Waals surface area contributed by atoms with Gasteiger partial charge in [0.25, 0.3) is 5.69 Å². The number of fused-ring (bicyclic) bond motifs is 1. The summed E-state index contributed by atoms with van der Waals surface area (Å²) >= 11 is 0. The minimum absolute atomic E-state index is 0.0398. The molecule has 2 aliphatic heterocycles. The number of rotatable bonds is 3. The van der Waals surface area contributed by atoms with Crippen LogP contribution in [0.4, 0.5) is 34.6 Å². The van der Waals surface area contributed by atoms with Crippen molar-refractivity contribution in [2.24, 2.45) is 0 Å². The van der Waals surface area contributed by atoms with E-state index < -0.39 is 40.0 Å². The van der Waals surface area contributed by atoms with Gasteiger partial charge in [0.2, 0.25) is 11.8 Å². The van der Waals surface area contributed by atoms with Crippen molar-refractivity contribution in [2.45, 2.75) is 18.5 Å². The SMILES string of the molecule is O=C1C[C@H](C(=O)N2CCN(c3ccc(C(F)(F)F)cc3[N+](=O)[O-])CC2)c2ccc(F)cc2N1. The second kappa shape index (κ2) is 8.34. The van der Waals surface area contributed by atoms with Crippen LogP contribution in [-0.2, 0) is 15.8 Å². The van der Waals surface area contributed by atoms with Gasteiger partial charge in [-0.2, -0.15) is 13.2 Å². The molecule has 2 heterocycles. The predicted octanol–water partition coefficient (Wildman–Crippen LogP) is 3.53. The van der Waals surface area contributed by atoms with Crippen LogP contribution in [0.5, 0.6) is 0 Å². The molecular weight excluding hydrogens is 448 g/mol. The van der Waals surface area contributed by atoms with Crippen LogP contribution < -0.4 is 10.2 Å². The number of nitro benzene ring substituents is 1. The van der Waals surface area contributed by atoms with E-state index in [1.807, 2.05) is 0 Å². The quantitative estimate of drug-likeness (QED) is 0.424. The van der Waals surface area contributed by atoms with E-state index in [0.717, 1.165) is 18.2 Å². The normalized spacial score (nSPS) is 18.5. The summed E-state index contributed by atoms with van der Waals surface area (Å²) in [6.45, 7) is 0.636. The van der Waals surface area contributed by atoms with Crippen molar-refractivity contribution in [3.05, 3.63) is 63.5 Å². The summed E-state index contributed by atoms with van der Waals surface area (Å²) in [7, 11) is 0. The Labute approximate surface area is 184 Å². The lowest BCUT2D eigenvalue weighted by Crippen LogP contribution is -2.50. The third kappa shape index (κ3) is 4.45. The van der Waals surface area contributed by atoms with Crippen molar-refractivity contribution in [2.75, 3.05) is 36.4 Å². The minimum atomic E-state index is -4.71. The fourth-order valence-electron chi connectivity index (χ4n) is 4.16. The minimum Gasteiger partial charge on any atom is -0.362 e. The maximum Gasteiger partial charge on any atom is 0.416 e. The highest BCUT2D eigenvalue weighted by atomic mass is 19.4. The van der Waals surface area contributed by atoms with Crippen LogP contribution in [0, 0.1) is 15.9 Å². The highest BCUT2D eigenvalue weighted by Gasteiger charge is 2.37. The number of carbonyl (C=O) groups is 2. The van der Waals surface area contributed by atoms with E-state index in [1.165, 1.54) is 17.0 Å². The Hall–Kier alpha value is -3.70. The Kier molecular flexibility index (Phi) is 5.68. The van der Waals surface area contributed by atoms with Gasteiger partial charge in [-0.05, 0) is 29.8 Å². The zero-order chi connectivity index (χ0) is 23.9. The molecule has 1 N–H and O–H groups in total. The van der Waals surface area contributed by atoms with Crippen LogP contribution >= 0.6 is 0 Å². The number of piperazine rings is 1. The molecule has 1 atom stereocenters. The lowest BCUT2D eigenvalue weighted by molar-refractivity contribution is -0.384. The number of nitro groups is 1. The number of alkyl halides is 3. The highest BCUT2D eigenvalue weighted by molar-refractivity contribution is 6.01. The third-order valence-corrected chi connectivity index (χ3v) is 5.78. The van der Waals surface area contributed by atoms with E-state index in [4.69, 9.17) is 0 Å². The maximum absolute atomic E-state index is 13.5. The molecule has 2 aliphatic rings. The van der Waals surface area contributed by atoms with Crippen molar-refractivity contribution >= 4 is 28.9 Å². The molecule has 33 heavy (non-hydrogen) atoms. The van der Waals surface area contributed by atoms with E-state index in [-0.39, 0.29) is 49.9 Å². The van der Waals surface area contributed by atoms with Crippen molar-refractivity contribution in [1.29, 1.82) is 0 Å². The van der Waals surface area contributed by atoms with Gasteiger partial charge < -0.3 is 15.1 Å². The number of benzene rings is 2. The summed E-state index contributed by atoms with van der Waals surface area (Å²) in [6, 6.07) is 6.16. The van der Waals surface area contributed by atoms with Crippen LogP contribution in [0.2, 0.25) is 0 Å². The molecule has 0 bridgehead atoms. The first-order chi connectivity index (χ1) is 15.5. The van der Waals surface area contributed by atoms with E-state index >= 15 is 0 Å². The number of amides is 2. The van der Waals surface area contributed by atoms with Crippen LogP contribution in [-0.4, -0.2) is 47.8 Å². The van der Waals surface area contributed by atoms with Gasteiger partial charge in [0.15, 0.2) is 0 Å². The van der Waals surface area contributed by atoms with Gasteiger partial charge in [0.05, 0.1) is 16.4 Å². The number of halogens is 4. The van der Waals surface area contributed by atoms with Gasteiger partial charge in [-0.25, -0.2) is 4.39 Å². The topological polar surface area (TPSA) is 95.8 Å². The highest BCUT2D eigenvalue weighted by Crippen LogP contribution is 2.38. The number of hydrogen-bond acceptors (Lipinski definition) is 5. The molecule has 0 radical (unpaired) electrons. The smallest absolute Gasteiger partial charge is 0.362 e. The Balaban J connectivity index is 1.50. The zero-order valence-corrected chi connectivity index (χ0v) is 17.1. The number of anilines is 2. The maximum atomic E-state index is 13.5. The standard InChI is InChI=1S/C21H18F4N4O4/c22-13-2-3-14-15(11-19(30)26-16(14)10-13)20(31)28-7-5-27(6-8-28)17-4-1-12(21(23,24)25)9-18(17)29(32)33/h1-4,9-10,15H,5-8,11H2,(H,26,30)/t15-/m0/s1. The number of nitrogens with zero attached hydrogens (tertiary/aromatic N) is 3. The van der Waals surface area contributed by atoms with Crippen molar-refractivity contribution in [1.82, 2.24) is 4.90 Å². The lowest BCUT2D eigenvalue weighted by atomic mass is 9.89. The molecule has 174 valence electrons. The molecule has 12 heteroatoms. The van der Waals surface area contributed by atoms with E-state index in [9.17, 15) is 37.3 Å². The molecule has 1 fully saturated rings. The summed E-state index contributed by atoms with van der Waals surface area (Å²) in [5.41, 5.74) is -0.995. The summed E-state index contributed by atoms with van der Waals surface area (Å²) in [5, 5.41) is 13.9. The summed E-state index contributed by atoms with van der Waals surface area (Å²) in [4.78, 5) is 38.7. The zero-order valence-electron chi connectivity index (χ0n) is 17.1. The molecule has 4 rings (SSSR count). The Bertz CT molecular complexity index is 1130. The van der Waals surface area contributed by atoms with Gasteiger partial charge in [0, 0.05) is 44.4 Å². The summed E-state index contributed by atoms with van der Waals surface area (Å²) < 4.78 is 52.4. The molecule has 8 nitrogen and oxygen atoms in total. The van der Waals surface area contributed by atoms with E-state index in [2.05, 4.69) is 5.32 Å². The first-order valence-electron chi connectivity index (χ1n) is 10.0.